The Kier molecular flexibility index (Phi) is 6.03. The fourth-order valence-electron chi connectivity index (χ4n) is 2.52. The van der Waals surface area contributed by atoms with Gasteiger partial charge in [-0.3, -0.25) is 4.79 Å². The molecule has 1 aliphatic rings. The van der Waals surface area contributed by atoms with Crippen molar-refractivity contribution in [1.29, 1.82) is 0 Å². The molecule has 1 fully saturated rings. The van der Waals surface area contributed by atoms with Crippen LogP contribution in [0.4, 0.5) is 0 Å². The van der Waals surface area contributed by atoms with E-state index in [-0.39, 0.29) is 5.97 Å². The van der Waals surface area contributed by atoms with Crippen LogP contribution in [-0.4, -0.2) is 55.5 Å². The molecule has 4 nitrogen and oxygen atoms in total. The SMILES string of the molecule is CC(=O)Oc1ccc(CCCN2CCN(C)CC2)c(Cl)c1. The Morgan fingerprint density at radius 2 is 2.00 bits per heavy atom. The van der Waals surface area contributed by atoms with E-state index in [2.05, 4.69) is 16.8 Å². The van der Waals surface area contributed by atoms with Crippen LogP contribution in [0.1, 0.15) is 18.9 Å². The van der Waals surface area contributed by atoms with Crippen molar-refractivity contribution in [1.82, 2.24) is 9.80 Å². The molecule has 21 heavy (non-hydrogen) atoms. The molecule has 0 unspecified atom stereocenters. The van der Waals surface area contributed by atoms with Crippen LogP contribution in [0.25, 0.3) is 0 Å². The number of ether oxygens (including phenoxy) is 1. The number of hydrogen-bond donors (Lipinski definition) is 0. The van der Waals surface area contributed by atoms with Gasteiger partial charge in [-0.2, -0.15) is 0 Å². The first-order valence-electron chi connectivity index (χ1n) is 7.42. The van der Waals surface area contributed by atoms with E-state index in [0.717, 1.165) is 51.1 Å². The first-order valence-corrected chi connectivity index (χ1v) is 7.80. The fourth-order valence-corrected chi connectivity index (χ4v) is 2.79. The summed E-state index contributed by atoms with van der Waals surface area (Å²) in [6.45, 7) is 7.09. The number of rotatable bonds is 5. The van der Waals surface area contributed by atoms with Crippen LogP contribution in [0.5, 0.6) is 5.75 Å². The van der Waals surface area contributed by atoms with Gasteiger partial charge in [-0.15, -0.1) is 0 Å². The number of likely N-dealkylation sites (N-methyl/N-ethyl adjacent to an activating group) is 1. The summed E-state index contributed by atoms with van der Waals surface area (Å²) >= 11 is 6.24. The molecule has 0 bridgehead atoms. The molecule has 1 heterocycles. The van der Waals surface area contributed by atoms with E-state index in [1.165, 1.54) is 6.92 Å². The highest BCUT2D eigenvalue weighted by Crippen LogP contribution is 2.24. The average Bonchev–Trinajstić information content (AvgIpc) is 2.43. The van der Waals surface area contributed by atoms with Gasteiger partial charge in [0.2, 0.25) is 0 Å². The number of carbonyl (C=O) groups excluding carboxylic acids is 1. The van der Waals surface area contributed by atoms with Crippen LogP contribution >= 0.6 is 11.6 Å². The summed E-state index contributed by atoms with van der Waals surface area (Å²) in [4.78, 5) is 15.8. The molecule has 0 saturated carbocycles. The van der Waals surface area contributed by atoms with E-state index in [0.29, 0.717) is 10.8 Å². The maximum absolute atomic E-state index is 10.9. The summed E-state index contributed by atoms with van der Waals surface area (Å²) in [5.41, 5.74) is 1.11. The van der Waals surface area contributed by atoms with Crippen molar-refractivity contribution in [2.75, 3.05) is 39.8 Å². The molecule has 0 spiro atoms. The van der Waals surface area contributed by atoms with Crippen molar-refractivity contribution in [3.05, 3.63) is 28.8 Å². The molecule has 0 atom stereocenters. The smallest absolute Gasteiger partial charge is 0.308 e. The molecule has 0 amide bonds. The van der Waals surface area contributed by atoms with Crippen LogP contribution in [0, 0.1) is 0 Å². The number of aryl methyl sites for hydroxylation is 1. The molecule has 0 radical (unpaired) electrons. The Labute approximate surface area is 131 Å². The summed E-state index contributed by atoms with van der Waals surface area (Å²) in [5.74, 6) is 0.184. The Hall–Kier alpha value is -1.10. The summed E-state index contributed by atoms with van der Waals surface area (Å²) in [6, 6.07) is 5.47. The van der Waals surface area contributed by atoms with Gasteiger partial charge in [-0.25, -0.2) is 0 Å². The number of nitrogens with zero attached hydrogens (tertiary/aromatic N) is 2. The lowest BCUT2D eigenvalue weighted by molar-refractivity contribution is -0.131. The molecule has 1 saturated heterocycles. The summed E-state index contributed by atoms with van der Waals surface area (Å²) in [7, 11) is 2.17. The van der Waals surface area contributed by atoms with Crippen molar-refractivity contribution in [3.8, 4) is 5.75 Å². The molecule has 0 aromatic heterocycles. The molecule has 1 aromatic rings. The van der Waals surface area contributed by atoms with Crippen LogP contribution < -0.4 is 4.74 Å². The standard InChI is InChI=1S/C16H23ClN2O2/c1-13(20)21-15-6-5-14(16(17)12-15)4-3-7-19-10-8-18(2)9-11-19/h5-6,12H,3-4,7-11H2,1-2H3. The molecule has 1 aliphatic heterocycles. The van der Waals surface area contributed by atoms with E-state index >= 15 is 0 Å². The molecule has 0 aliphatic carbocycles. The zero-order valence-electron chi connectivity index (χ0n) is 12.8. The van der Waals surface area contributed by atoms with Crippen molar-refractivity contribution in [2.24, 2.45) is 0 Å². The lowest BCUT2D eigenvalue weighted by Crippen LogP contribution is -2.44. The molecule has 116 valence electrons. The van der Waals surface area contributed by atoms with Crippen LogP contribution in [0.15, 0.2) is 18.2 Å². The van der Waals surface area contributed by atoms with E-state index < -0.39 is 0 Å². The first kappa shape index (κ1) is 16.3. The summed E-state index contributed by atoms with van der Waals surface area (Å²) in [6.07, 6.45) is 2.04. The highest BCUT2D eigenvalue weighted by molar-refractivity contribution is 6.31. The second-order valence-electron chi connectivity index (χ2n) is 5.60. The highest BCUT2D eigenvalue weighted by atomic mass is 35.5. The van der Waals surface area contributed by atoms with Gasteiger partial charge in [0.15, 0.2) is 0 Å². The van der Waals surface area contributed by atoms with E-state index in [4.69, 9.17) is 16.3 Å². The second-order valence-corrected chi connectivity index (χ2v) is 6.00. The number of hydrogen-bond acceptors (Lipinski definition) is 4. The molecule has 2 rings (SSSR count). The topological polar surface area (TPSA) is 32.8 Å². The Bertz CT molecular complexity index is 485. The minimum Gasteiger partial charge on any atom is -0.427 e. The zero-order valence-corrected chi connectivity index (χ0v) is 13.5. The predicted molar refractivity (Wildman–Crippen MR) is 85.0 cm³/mol. The van der Waals surface area contributed by atoms with Crippen LogP contribution in [0.3, 0.4) is 0 Å². The van der Waals surface area contributed by atoms with Gasteiger partial charge in [0, 0.05) is 38.1 Å². The number of benzene rings is 1. The fraction of sp³-hybridized carbons (Fsp3) is 0.562. The number of carbonyl (C=O) groups is 1. The Morgan fingerprint density at radius 3 is 2.62 bits per heavy atom. The molecular formula is C16H23ClN2O2. The first-order chi connectivity index (χ1) is 10.0. The second kappa shape index (κ2) is 7.78. The minimum absolute atomic E-state index is 0.325. The van der Waals surface area contributed by atoms with Gasteiger partial charge in [0.25, 0.3) is 0 Å². The number of halogens is 1. The van der Waals surface area contributed by atoms with Gasteiger partial charge in [-0.05, 0) is 44.1 Å². The van der Waals surface area contributed by atoms with Gasteiger partial charge < -0.3 is 14.5 Å². The third-order valence-electron chi connectivity index (χ3n) is 3.80. The maximum Gasteiger partial charge on any atom is 0.308 e. The minimum atomic E-state index is -0.325. The third-order valence-corrected chi connectivity index (χ3v) is 4.15. The number of piperazine rings is 1. The third kappa shape index (κ3) is 5.30. The van der Waals surface area contributed by atoms with E-state index in [1.54, 1.807) is 12.1 Å². The lowest BCUT2D eigenvalue weighted by atomic mass is 10.1. The largest absolute Gasteiger partial charge is 0.427 e. The maximum atomic E-state index is 10.9. The van der Waals surface area contributed by atoms with Crippen LogP contribution in [0.2, 0.25) is 5.02 Å². The monoisotopic (exact) mass is 310 g/mol. The Balaban J connectivity index is 1.79. The van der Waals surface area contributed by atoms with Gasteiger partial charge in [0.1, 0.15) is 5.75 Å². The lowest BCUT2D eigenvalue weighted by Gasteiger charge is -2.32. The van der Waals surface area contributed by atoms with Gasteiger partial charge >= 0.3 is 5.97 Å². The number of esters is 1. The van der Waals surface area contributed by atoms with E-state index in [9.17, 15) is 4.79 Å². The molecule has 5 heteroatoms. The van der Waals surface area contributed by atoms with E-state index in [1.807, 2.05) is 6.07 Å². The van der Waals surface area contributed by atoms with Gasteiger partial charge in [-0.1, -0.05) is 17.7 Å². The highest BCUT2D eigenvalue weighted by Gasteiger charge is 2.13. The zero-order chi connectivity index (χ0) is 15.2. The van der Waals surface area contributed by atoms with Crippen molar-refractivity contribution < 1.29 is 9.53 Å². The predicted octanol–water partition coefficient (Wildman–Crippen LogP) is 2.45. The Morgan fingerprint density at radius 1 is 1.29 bits per heavy atom. The quantitative estimate of drug-likeness (QED) is 0.618. The molecular weight excluding hydrogens is 288 g/mol. The summed E-state index contributed by atoms with van der Waals surface area (Å²) in [5, 5.41) is 0.673. The summed E-state index contributed by atoms with van der Waals surface area (Å²) < 4.78 is 5.02. The van der Waals surface area contributed by atoms with Gasteiger partial charge in [0.05, 0.1) is 0 Å². The van der Waals surface area contributed by atoms with Crippen molar-refractivity contribution in [2.45, 2.75) is 19.8 Å². The van der Waals surface area contributed by atoms with Crippen molar-refractivity contribution in [3.63, 3.8) is 0 Å². The average molecular weight is 311 g/mol. The molecule has 1 aromatic carbocycles. The normalized spacial score (nSPS) is 16.9. The van der Waals surface area contributed by atoms with Crippen LogP contribution in [-0.2, 0) is 11.2 Å². The van der Waals surface area contributed by atoms with Crippen molar-refractivity contribution >= 4 is 17.6 Å². The molecule has 0 N–H and O–H groups in total.